The molecule has 0 aliphatic heterocycles. The molecule has 5 heteroatoms. The summed E-state index contributed by atoms with van der Waals surface area (Å²) in [4.78, 5) is 11.8. The molecule has 0 N–H and O–H groups in total. The molecular formula is C12H15F2NO2. The van der Waals surface area contributed by atoms with Crippen molar-refractivity contribution < 1.29 is 18.3 Å². The quantitative estimate of drug-likeness (QED) is 0.792. The molecule has 0 spiro atoms. The van der Waals surface area contributed by atoms with Crippen LogP contribution in [0.15, 0.2) is 24.3 Å². The predicted molar refractivity (Wildman–Crippen MR) is 60.3 cm³/mol. The maximum absolute atomic E-state index is 12.0. The number of alkyl halides is 2. The van der Waals surface area contributed by atoms with Gasteiger partial charge in [-0.05, 0) is 19.1 Å². The molecule has 0 aliphatic rings. The number of aryl methyl sites for hydroxylation is 1. The first-order valence-corrected chi connectivity index (χ1v) is 5.23. The molecule has 0 bridgehead atoms. The minimum absolute atomic E-state index is 0.136. The van der Waals surface area contributed by atoms with Gasteiger partial charge in [-0.2, -0.15) is 8.78 Å². The van der Waals surface area contributed by atoms with Gasteiger partial charge in [0.2, 0.25) is 0 Å². The Morgan fingerprint density at radius 3 is 2.47 bits per heavy atom. The molecule has 0 fully saturated rings. The Morgan fingerprint density at radius 2 is 1.94 bits per heavy atom. The van der Waals surface area contributed by atoms with Crippen LogP contribution in [0.5, 0.6) is 5.75 Å². The lowest BCUT2D eigenvalue weighted by Gasteiger charge is -2.16. The molecule has 1 rings (SSSR count). The van der Waals surface area contributed by atoms with Crippen LogP contribution >= 0.6 is 0 Å². The Hall–Kier alpha value is -1.65. The van der Waals surface area contributed by atoms with Crippen molar-refractivity contribution in [1.82, 2.24) is 4.90 Å². The second kappa shape index (κ2) is 6.18. The van der Waals surface area contributed by atoms with E-state index >= 15 is 0 Å². The van der Waals surface area contributed by atoms with Crippen molar-refractivity contribution in [3.8, 4) is 5.75 Å². The summed E-state index contributed by atoms with van der Waals surface area (Å²) in [6.07, 6.45) is -2.96. The lowest BCUT2D eigenvalue weighted by molar-refractivity contribution is -0.141. The molecule has 1 amide bonds. The van der Waals surface area contributed by atoms with E-state index < -0.39 is 12.3 Å². The van der Waals surface area contributed by atoms with Crippen LogP contribution in [0.2, 0.25) is 0 Å². The number of ether oxygens (including phenoxy) is 1. The highest BCUT2D eigenvalue weighted by molar-refractivity contribution is 5.78. The topological polar surface area (TPSA) is 29.5 Å². The third-order valence-electron chi connectivity index (χ3n) is 2.28. The molecule has 1 aromatic carbocycles. The monoisotopic (exact) mass is 243 g/mol. The molecule has 94 valence electrons. The molecule has 0 heterocycles. The van der Waals surface area contributed by atoms with Crippen molar-refractivity contribution >= 4 is 5.91 Å². The van der Waals surface area contributed by atoms with Crippen molar-refractivity contribution in [3.63, 3.8) is 0 Å². The molecule has 0 unspecified atom stereocenters. The van der Waals surface area contributed by atoms with Gasteiger partial charge in [0.15, 0.2) is 0 Å². The summed E-state index contributed by atoms with van der Waals surface area (Å²) in [5.41, 5.74) is 1.11. The molecule has 0 saturated heterocycles. The van der Waals surface area contributed by atoms with E-state index in [9.17, 15) is 13.6 Å². The minimum atomic E-state index is -2.96. The number of rotatable bonds is 5. The van der Waals surface area contributed by atoms with Gasteiger partial charge in [0, 0.05) is 7.05 Å². The van der Waals surface area contributed by atoms with E-state index in [1.54, 1.807) is 12.1 Å². The average molecular weight is 243 g/mol. The Morgan fingerprint density at radius 1 is 1.35 bits per heavy atom. The summed E-state index contributed by atoms with van der Waals surface area (Å²) in [7, 11) is 1.33. The van der Waals surface area contributed by atoms with E-state index in [1.165, 1.54) is 7.05 Å². The van der Waals surface area contributed by atoms with Gasteiger partial charge in [0.1, 0.15) is 12.4 Å². The van der Waals surface area contributed by atoms with Crippen molar-refractivity contribution in [3.05, 3.63) is 29.8 Å². The lowest BCUT2D eigenvalue weighted by Crippen LogP contribution is -2.35. The van der Waals surface area contributed by atoms with Gasteiger partial charge in [-0.15, -0.1) is 0 Å². The molecule has 0 atom stereocenters. The van der Waals surface area contributed by atoms with E-state index in [-0.39, 0.29) is 13.2 Å². The number of carbonyl (C=O) groups is 1. The fourth-order valence-electron chi connectivity index (χ4n) is 1.21. The van der Waals surface area contributed by atoms with Crippen LogP contribution in [0.3, 0.4) is 0 Å². The highest BCUT2D eigenvalue weighted by atomic mass is 19.3. The van der Waals surface area contributed by atoms with Crippen LogP contribution in [-0.4, -0.2) is 37.4 Å². The Kier molecular flexibility index (Phi) is 4.87. The predicted octanol–water partition coefficient (Wildman–Crippen LogP) is 2.10. The highest BCUT2D eigenvalue weighted by Gasteiger charge is 2.19. The summed E-state index contributed by atoms with van der Waals surface area (Å²) in [6.45, 7) is 2.29. The number of carbonyl (C=O) groups excluding carboxylic acids is 1. The third kappa shape index (κ3) is 4.38. The molecule has 0 radical (unpaired) electrons. The van der Waals surface area contributed by atoms with Gasteiger partial charge in [-0.25, -0.2) is 0 Å². The smallest absolute Gasteiger partial charge is 0.315 e. The van der Waals surface area contributed by atoms with Crippen molar-refractivity contribution in [2.24, 2.45) is 0 Å². The molecule has 0 aliphatic carbocycles. The first-order valence-electron chi connectivity index (χ1n) is 5.23. The first-order chi connectivity index (χ1) is 8.00. The third-order valence-corrected chi connectivity index (χ3v) is 2.28. The zero-order valence-corrected chi connectivity index (χ0v) is 9.82. The maximum Gasteiger partial charge on any atom is 0.315 e. The van der Waals surface area contributed by atoms with E-state index in [0.29, 0.717) is 5.75 Å². The number of benzene rings is 1. The van der Waals surface area contributed by atoms with Crippen LogP contribution in [0.4, 0.5) is 8.78 Å². The van der Waals surface area contributed by atoms with Crippen LogP contribution in [0.1, 0.15) is 5.56 Å². The van der Waals surface area contributed by atoms with Crippen molar-refractivity contribution in [1.29, 1.82) is 0 Å². The first kappa shape index (κ1) is 13.4. The van der Waals surface area contributed by atoms with Crippen molar-refractivity contribution in [2.45, 2.75) is 13.3 Å². The second-order valence-corrected chi connectivity index (χ2v) is 3.72. The molecule has 0 saturated carbocycles. The fourth-order valence-corrected chi connectivity index (χ4v) is 1.21. The highest BCUT2D eigenvalue weighted by Crippen LogP contribution is 2.11. The molecule has 3 nitrogen and oxygen atoms in total. The number of likely N-dealkylation sites (N-methyl/N-ethyl adjacent to an activating group) is 1. The van der Waals surface area contributed by atoms with Crippen LogP contribution in [0.25, 0.3) is 0 Å². The Balaban J connectivity index is 2.33. The number of nitrogens with zero attached hydrogens (tertiary/aromatic N) is 1. The van der Waals surface area contributed by atoms with Gasteiger partial charge in [0.25, 0.3) is 5.91 Å². The number of hydrogen-bond donors (Lipinski definition) is 0. The summed E-state index contributed by atoms with van der Waals surface area (Å²) in [5.74, 6) is -0.522. The number of halogens is 2. The van der Waals surface area contributed by atoms with Gasteiger partial charge in [0.05, 0.1) is 6.54 Å². The molecule has 17 heavy (non-hydrogen) atoms. The zero-order valence-electron chi connectivity index (χ0n) is 9.82. The van der Waals surface area contributed by atoms with Crippen LogP contribution in [-0.2, 0) is 4.79 Å². The van der Waals surface area contributed by atoms with E-state index in [1.807, 2.05) is 19.1 Å². The molecular weight excluding hydrogens is 228 g/mol. The van der Waals surface area contributed by atoms with E-state index in [2.05, 4.69) is 0 Å². The summed E-state index contributed by atoms with van der Waals surface area (Å²) in [6, 6.07) is 7.38. The van der Waals surface area contributed by atoms with E-state index in [0.717, 1.165) is 10.5 Å². The number of hydrogen-bond acceptors (Lipinski definition) is 2. The maximum atomic E-state index is 12.0. The number of amides is 1. The second-order valence-electron chi connectivity index (χ2n) is 3.72. The van der Waals surface area contributed by atoms with Crippen LogP contribution in [0, 0.1) is 6.92 Å². The van der Waals surface area contributed by atoms with Gasteiger partial charge in [-0.3, -0.25) is 4.79 Å². The minimum Gasteiger partial charge on any atom is -0.492 e. The molecule has 1 aromatic rings. The normalized spacial score (nSPS) is 10.4. The fraction of sp³-hybridized carbons (Fsp3) is 0.417. The SMILES string of the molecule is Cc1ccc(OCCN(C)C(=O)C(F)F)cc1. The molecule has 0 aromatic heterocycles. The largest absolute Gasteiger partial charge is 0.492 e. The lowest BCUT2D eigenvalue weighted by atomic mass is 10.2. The average Bonchev–Trinajstić information content (AvgIpc) is 2.30. The zero-order chi connectivity index (χ0) is 12.8. The summed E-state index contributed by atoms with van der Waals surface area (Å²) in [5, 5.41) is 0. The van der Waals surface area contributed by atoms with Crippen LogP contribution < -0.4 is 4.74 Å². The van der Waals surface area contributed by atoms with Crippen molar-refractivity contribution in [2.75, 3.05) is 20.2 Å². The summed E-state index contributed by atoms with van der Waals surface area (Å²) < 4.78 is 29.4. The van der Waals surface area contributed by atoms with Gasteiger partial charge in [-0.1, -0.05) is 17.7 Å². The summed E-state index contributed by atoms with van der Waals surface area (Å²) >= 11 is 0. The van der Waals surface area contributed by atoms with E-state index in [4.69, 9.17) is 4.74 Å². The van der Waals surface area contributed by atoms with Gasteiger partial charge < -0.3 is 9.64 Å². The Bertz CT molecular complexity index is 365. The standard InChI is InChI=1S/C12H15F2NO2/c1-9-3-5-10(6-4-9)17-8-7-15(2)12(16)11(13)14/h3-6,11H,7-8H2,1-2H3. The Labute approximate surface area is 99.0 Å². The van der Waals surface area contributed by atoms with Gasteiger partial charge >= 0.3 is 6.43 Å².